The van der Waals surface area contributed by atoms with Crippen molar-refractivity contribution in [2.75, 3.05) is 13.2 Å². The summed E-state index contributed by atoms with van der Waals surface area (Å²) in [5, 5.41) is 3.74. The molecule has 6 heteroatoms. The van der Waals surface area contributed by atoms with Gasteiger partial charge in [-0.2, -0.15) is 0 Å². The van der Waals surface area contributed by atoms with Crippen LogP contribution in [0.4, 0.5) is 0 Å². The van der Waals surface area contributed by atoms with Gasteiger partial charge in [-0.1, -0.05) is 29.3 Å². The number of benzene rings is 1. The molecule has 2 rings (SSSR count). The van der Waals surface area contributed by atoms with E-state index in [0.29, 0.717) is 23.3 Å². The van der Waals surface area contributed by atoms with Gasteiger partial charge in [0, 0.05) is 0 Å². The molecule has 0 radical (unpaired) electrons. The normalized spacial score (nSPS) is 15.8. The summed E-state index contributed by atoms with van der Waals surface area (Å²) in [4.78, 5) is 11.9. The van der Waals surface area contributed by atoms with Gasteiger partial charge in [-0.15, -0.1) is 0 Å². The zero-order valence-electron chi connectivity index (χ0n) is 10.3. The zero-order chi connectivity index (χ0) is 13.8. The molecule has 1 aliphatic heterocycles. The van der Waals surface area contributed by atoms with Crippen LogP contribution < -0.4 is 5.32 Å². The van der Waals surface area contributed by atoms with Gasteiger partial charge in [0.25, 0.3) is 5.91 Å². The Balaban J connectivity index is 2.03. The van der Waals surface area contributed by atoms with Crippen molar-refractivity contribution in [2.24, 2.45) is 0 Å². The Kier molecular flexibility index (Phi) is 4.56. The Morgan fingerprint density at radius 2 is 2.11 bits per heavy atom. The Labute approximate surface area is 121 Å². The van der Waals surface area contributed by atoms with E-state index in [1.54, 1.807) is 12.1 Å². The monoisotopic (exact) mass is 301 g/mol. The molecule has 102 valence electrons. The van der Waals surface area contributed by atoms with Crippen molar-refractivity contribution in [3.05, 3.63) is 45.8 Å². The highest BCUT2D eigenvalue weighted by molar-refractivity contribution is 6.42. The number of halogens is 2. The van der Waals surface area contributed by atoms with Crippen LogP contribution >= 0.6 is 23.2 Å². The number of hydrogen-bond donors (Lipinski definition) is 1. The predicted octanol–water partition coefficient (Wildman–Crippen LogP) is 3.06. The Bertz CT molecular complexity index is 517. The summed E-state index contributed by atoms with van der Waals surface area (Å²) in [6, 6.07) is 5.02. The summed E-state index contributed by atoms with van der Waals surface area (Å²) in [7, 11) is 0. The second-order valence-electron chi connectivity index (χ2n) is 4.07. The minimum Gasteiger partial charge on any atom is -0.494 e. The molecule has 0 saturated heterocycles. The molecule has 1 aliphatic rings. The molecule has 1 atom stereocenters. The van der Waals surface area contributed by atoms with Gasteiger partial charge in [0.2, 0.25) is 5.76 Å². The number of carbonyl (C=O) groups excluding carboxylic acids is 1. The second kappa shape index (κ2) is 6.17. The topological polar surface area (TPSA) is 47.6 Å². The van der Waals surface area contributed by atoms with Crippen molar-refractivity contribution in [2.45, 2.75) is 13.0 Å². The summed E-state index contributed by atoms with van der Waals surface area (Å²) in [6.45, 7) is 2.68. The first kappa shape index (κ1) is 14.0. The molecule has 1 aromatic rings. The molecule has 4 nitrogen and oxygen atoms in total. The molecule has 0 unspecified atom stereocenters. The van der Waals surface area contributed by atoms with E-state index in [0.717, 1.165) is 5.56 Å². The van der Waals surface area contributed by atoms with E-state index >= 15 is 0 Å². The SMILES string of the molecule is C[C@H](NC(=O)C1=COCCO1)c1ccc(Cl)c(Cl)c1. The molecule has 1 heterocycles. The minimum absolute atomic E-state index is 0.179. The fourth-order valence-electron chi connectivity index (χ4n) is 1.62. The average molecular weight is 302 g/mol. The fourth-order valence-corrected chi connectivity index (χ4v) is 1.93. The maximum absolute atomic E-state index is 11.9. The summed E-state index contributed by atoms with van der Waals surface area (Å²) < 4.78 is 10.2. The molecule has 0 spiro atoms. The zero-order valence-corrected chi connectivity index (χ0v) is 11.8. The van der Waals surface area contributed by atoms with Gasteiger partial charge >= 0.3 is 0 Å². The maximum Gasteiger partial charge on any atom is 0.290 e. The highest BCUT2D eigenvalue weighted by Crippen LogP contribution is 2.25. The van der Waals surface area contributed by atoms with Crippen LogP contribution in [0.5, 0.6) is 0 Å². The summed E-state index contributed by atoms with van der Waals surface area (Å²) >= 11 is 11.8. The van der Waals surface area contributed by atoms with Crippen LogP contribution in [0.1, 0.15) is 18.5 Å². The van der Waals surface area contributed by atoms with E-state index in [1.165, 1.54) is 6.26 Å². The summed E-state index contributed by atoms with van der Waals surface area (Å²) in [5.74, 6) is -0.142. The van der Waals surface area contributed by atoms with E-state index < -0.39 is 0 Å². The standard InChI is InChI=1S/C13H13Cl2NO3/c1-8(9-2-3-10(14)11(15)6-9)16-13(17)12-7-18-4-5-19-12/h2-3,6-8H,4-5H2,1H3,(H,16,17)/t8-/m0/s1. The maximum atomic E-state index is 11.9. The molecule has 1 aromatic carbocycles. The molecule has 0 saturated carbocycles. The lowest BCUT2D eigenvalue weighted by Gasteiger charge is -2.18. The third kappa shape index (κ3) is 3.55. The van der Waals surface area contributed by atoms with E-state index in [2.05, 4.69) is 5.32 Å². The van der Waals surface area contributed by atoms with Crippen molar-refractivity contribution in [3.63, 3.8) is 0 Å². The smallest absolute Gasteiger partial charge is 0.290 e. The third-order valence-corrected chi connectivity index (χ3v) is 3.40. The van der Waals surface area contributed by atoms with E-state index in [1.807, 2.05) is 13.0 Å². The molecule has 1 N–H and O–H groups in total. The molecular weight excluding hydrogens is 289 g/mol. The number of rotatable bonds is 3. The second-order valence-corrected chi connectivity index (χ2v) is 4.88. The number of amides is 1. The largest absolute Gasteiger partial charge is 0.494 e. The number of ether oxygens (including phenoxy) is 2. The van der Waals surface area contributed by atoms with Gasteiger partial charge < -0.3 is 14.8 Å². The molecule has 0 fully saturated rings. The van der Waals surface area contributed by atoms with Crippen LogP contribution in [0, 0.1) is 0 Å². The fraction of sp³-hybridized carbons (Fsp3) is 0.308. The number of hydrogen-bond acceptors (Lipinski definition) is 3. The van der Waals surface area contributed by atoms with Gasteiger partial charge in [-0.3, -0.25) is 4.79 Å². The first-order chi connectivity index (χ1) is 9.08. The highest BCUT2D eigenvalue weighted by atomic mass is 35.5. The van der Waals surface area contributed by atoms with E-state index in [9.17, 15) is 4.79 Å². The van der Waals surface area contributed by atoms with E-state index in [-0.39, 0.29) is 17.7 Å². The number of nitrogens with one attached hydrogen (secondary N) is 1. The Morgan fingerprint density at radius 1 is 1.32 bits per heavy atom. The Hall–Kier alpha value is -1.39. The first-order valence-corrected chi connectivity index (χ1v) is 6.54. The molecule has 0 aliphatic carbocycles. The van der Waals surface area contributed by atoms with Crippen LogP contribution in [0.2, 0.25) is 10.0 Å². The first-order valence-electron chi connectivity index (χ1n) is 5.78. The molecule has 0 aromatic heterocycles. The molecular formula is C13H13Cl2NO3. The summed E-state index contributed by atoms with van der Waals surface area (Å²) in [6.07, 6.45) is 1.32. The molecule has 1 amide bonds. The van der Waals surface area contributed by atoms with Gasteiger partial charge in [0.1, 0.15) is 19.5 Å². The average Bonchev–Trinajstić information content (AvgIpc) is 2.42. The lowest BCUT2D eigenvalue weighted by molar-refractivity contribution is -0.122. The van der Waals surface area contributed by atoms with E-state index in [4.69, 9.17) is 32.7 Å². The van der Waals surface area contributed by atoms with Crippen molar-refractivity contribution in [3.8, 4) is 0 Å². The van der Waals surface area contributed by atoms with Crippen LogP contribution in [0.25, 0.3) is 0 Å². The molecule has 19 heavy (non-hydrogen) atoms. The van der Waals surface area contributed by atoms with Gasteiger partial charge in [-0.25, -0.2) is 0 Å². The lowest BCUT2D eigenvalue weighted by atomic mass is 10.1. The van der Waals surface area contributed by atoms with Gasteiger partial charge in [0.15, 0.2) is 0 Å². The minimum atomic E-state index is -0.321. The summed E-state index contributed by atoms with van der Waals surface area (Å²) in [5.41, 5.74) is 0.861. The van der Waals surface area contributed by atoms with Crippen LogP contribution in [-0.2, 0) is 14.3 Å². The van der Waals surface area contributed by atoms with Crippen molar-refractivity contribution in [1.29, 1.82) is 0 Å². The number of carbonyl (C=O) groups is 1. The quantitative estimate of drug-likeness (QED) is 0.933. The van der Waals surface area contributed by atoms with Crippen molar-refractivity contribution in [1.82, 2.24) is 5.32 Å². The van der Waals surface area contributed by atoms with Gasteiger partial charge in [0.05, 0.1) is 16.1 Å². The predicted molar refractivity (Wildman–Crippen MR) is 73.0 cm³/mol. The van der Waals surface area contributed by atoms with Crippen LogP contribution in [0.3, 0.4) is 0 Å². The lowest BCUT2D eigenvalue weighted by Crippen LogP contribution is -2.30. The Morgan fingerprint density at radius 3 is 2.74 bits per heavy atom. The van der Waals surface area contributed by atoms with Crippen LogP contribution in [0.15, 0.2) is 30.2 Å². The van der Waals surface area contributed by atoms with Crippen LogP contribution in [-0.4, -0.2) is 19.1 Å². The highest BCUT2D eigenvalue weighted by Gasteiger charge is 2.18. The van der Waals surface area contributed by atoms with Gasteiger partial charge in [-0.05, 0) is 24.6 Å². The van der Waals surface area contributed by atoms with Crippen molar-refractivity contribution >= 4 is 29.1 Å². The van der Waals surface area contributed by atoms with Crippen molar-refractivity contribution < 1.29 is 14.3 Å². The third-order valence-electron chi connectivity index (χ3n) is 2.66. The molecule has 0 bridgehead atoms.